The predicted octanol–water partition coefficient (Wildman–Crippen LogP) is 5.66. The van der Waals surface area contributed by atoms with E-state index in [1.165, 1.54) is 11.1 Å². The zero-order valence-electron chi connectivity index (χ0n) is 18.3. The number of rotatable bonds is 4. The van der Waals surface area contributed by atoms with Gasteiger partial charge in [-0.15, -0.1) is 5.10 Å². The summed E-state index contributed by atoms with van der Waals surface area (Å²) in [6.45, 7) is 0. The van der Waals surface area contributed by atoms with Gasteiger partial charge in [0.25, 0.3) is 0 Å². The van der Waals surface area contributed by atoms with E-state index < -0.39 is 0 Å². The molecule has 6 rings (SSSR count). The molecule has 4 aromatic carbocycles. The highest BCUT2D eigenvalue weighted by atomic mass is 127. The lowest BCUT2D eigenvalue weighted by Gasteiger charge is -2.44. The number of nitrogens with one attached hydrogen (secondary N) is 2. The Morgan fingerprint density at radius 3 is 2.03 bits per heavy atom. The second kappa shape index (κ2) is 9.27. The molecule has 7 heteroatoms. The summed E-state index contributed by atoms with van der Waals surface area (Å²) in [7, 11) is 0. The molecule has 5 aromatic rings. The van der Waals surface area contributed by atoms with Crippen molar-refractivity contribution >= 4 is 33.9 Å². The Bertz CT molecular complexity index is 1400. The number of benzene rings is 4. The van der Waals surface area contributed by atoms with E-state index in [9.17, 15) is 0 Å². The van der Waals surface area contributed by atoms with Gasteiger partial charge in [0.2, 0.25) is 0 Å². The Hall–Kier alpha value is -3.11. The molecule has 1 saturated heterocycles. The van der Waals surface area contributed by atoms with E-state index in [4.69, 9.17) is 0 Å². The molecule has 1 aliphatic rings. The van der Waals surface area contributed by atoms with Crippen molar-refractivity contribution < 1.29 is 0 Å². The summed E-state index contributed by atoms with van der Waals surface area (Å²) in [6.07, 6.45) is 0.0133. The van der Waals surface area contributed by atoms with Crippen LogP contribution in [0.2, 0.25) is 0 Å². The lowest BCUT2D eigenvalue weighted by atomic mass is 10.0. The summed E-state index contributed by atoms with van der Waals surface area (Å²) >= 11 is 2.43. The number of hydrogen-bond donors (Lipinski definition) is 2. The summed E-state index contributed by atoms with van der Waals surface area (Å²) in [6, 6.07) is 37.7. The topological polar surface area (TPSA) is 58.0 Å². The number of nitrogens with zero attached hydrogens (tertiary/aromatic N) is 4. The third-order valence-corrected chi connectivity index (χ3v) is 7.29. The van der Waals surface area contributed by atoms with E-state index >= 15 is 0 Å². The molecular weight excluding hydrogens is 535 g/mol. The lowest BCUT2D eigenvalue weighted by Crippen LogP contribution is -2.52. The highest BCUT2D eigenvalue weighted by Gasteiger charge is 2.36. The van der Waals surface area contributed by atoms with Crippen LogP contribution in [0.15, 0.2) is 109 Å². The van der Waals surface area contributed by atoms with Crippen LogP contribution in [0.5, 0.6) is 0 Å². The minimum Gasteiger partial charge on any atom is -0.278 e. The average molecular weight is 558 g/mol. The Labute approximate surface area is 212 Å². The van der Waals surface area contributed by atoms with Gasteiger partial charge in [-0.2, -0.15) is 0 Å². The van der Waals surface area contributed by atoms with Gasteiger partial charge in [0.1, 0.15) is 5.52 Å². The van der Waals surface area contributed by atoms with Gasteiger partial charge in [0.15, 0.2) is 0 Å². The van der Waals surface area contributed by atoms with Crippen LogP contribution in [0.25, 0.3) is 16.7 Å². The highest BCUT2D eigenvalue weighted by molar-refractivity contribution is 14.1. The van der Waals surface area contributed by atoms with Crippen LogP contribution in [0.1, 0.15) is 35.2 Å². The Morgan fingerprint density at radius 1 is 0.647 bits per heavy atom. The second-order valence-electron chi connectivity index (χ2n) is 8.32. The summed E-state index contributed by atoms with van der Waals surface area (Å²) in [5, 5.41) is 16.3. The minimum atomic E-state index is -0.0213. The van der Waals surface area contributed by atoms with Crippen molar-refractivity contribution in [2.75, 3.05) is 0 Å². The fourth-order valence-corrected chi connectivity index (χ4v) is 5.46. The van der Waals surface area contributed by atoms with E-state index in [2.05, 4.69) is 132 Å². The number of hydrogen-bond acceptors (Lipinski definition) is 5. The molecule has 0 saturated carbocycles. The molecule has 6 nitrogen and oxygen atoms in total. The van der Waals surface area contributed by atoms with Gasteiger partial charge in [-0.1, -0.05) is 90.1 Å². The van der Waals surface area contributed by atoms with Gasteiger partial charge in [0, 0.05) is 22.9 Å². The molecule has 34 heavy (non-hydrogen) atoms. The molecule has 0 spiro atoms. The first-order valence-corrected chi connectivity index (χ1v) is 12.2. The van der Waals surface area contributed by atoms with Crippen molar-refractivity contribution in [2.45, 2.75) is 18.5 Å². The highest BCUT2D eigenvalue weighted by Crippen LogP contribution is 2.38. The van der Waals surface area contributed by atoms with Crippen molar-refractivity contribution in [3.63, 3.8) is 0 Å². The first kappa shape index (κ1) is 21.4. The normalized spacial score (nSPS) is 21.0. The van der Waals surface area contributed by atoms with Crippen LogP contribution in [0.4, 0.5) is 0 Å². The van der Waals surface area contributed by atoms with Gasteiger partial charge in [-0.25, -0.2) is 7.80 Å². The SMILES string of the molecule is IN1C(c2ccccc2)NC(c2ccccc2)NC1c1cccc(-n2nnc3ccccc32)c1. The molecule has 1 fully saturated rings. The van der Waals surface area contributed by atoms with Gasteiger partial charge >= 0.3 is 0 Å². The molecule has 1 aromatic heterocycles. The number of halogens is 1. The summed E-state index contributed by atoms with van der Waals surface area (Å²) in [4.78, 5) is 0. The van der Waals surface area contributed by atoms with Crippen molar-refractivity contribution in [3.8, 4) is 5.69 Å². The average Bonchev–Trinajstić information content (AvgIpc) is 3.34. The number of fused-ring (bicyclic) bond motifs is 1. The quantitative estimate of drug-likeness (QED) is 0.220. The van der Waals surface area contributed by atoms with Crippen molar-refractivity contribution in [3.05, 3.63) is 126 Å². The maximum atomic E-state index is 4.41. The second-order valence-corrected chi connectivity index (χ2v) is 9.44. The fourth-order valence-electron chi connectivity index (χ4n) is 4.49. The minimum absolute atomic E-state index is 0.00159. The molecule has 0 amide bonds. The molecule has 3 atom stereocenters. The summed E-state index contributed by atoms with van der Waals surface area (Å²) < 4.78 is 4.21. The Morgan fingerprint density at radius 2 is 1.26 bits per heavy atom. The Balaban J connectivity index is 1.40. The van der Waals surface area contributed by atoms with E-state index in [1.54, 1.807) is 0 Å². The molecule has 2 N–H and O–H groups in total. The van der Waals surface area contributed by atoms with Crippen LogP contribution < -0.4 is 10.6 Å². The van der Waals surface area contributed by atoms with Crippen molar-refractivity contribution in [1.82, 2.24) is 28.7 Å². The van der Waals surface area contributed by atoms with E-state index in [0.29, 0.717) is 0 Å². The van der Waals surface area contributed by atoms with Gasteiger partial charge < -0.3 is 0 Å². The molecule has 0 bridgehead atoms. The van der Waals surface area contributed by atoms with E-state index in [1.807, 2.05) is 28.9 Å². The van der Waals surface area contributed by atoms with Gasteiger partial charge in [0.05, 0.1) is 29.7 Å². The zero-order chi connectivity index (χ0) is 22.9. The van der Waals surface area contributed by atoms with Gasteiger partial charge in [-0.05, 0) is 41.0 Å². The monoisotopic (exact) mass is 558 g/mol. The van der Waals surface area contributed by atoms with Crippen LogP contribution >= 0.6 is 22.9 Å². The third-order valence-electron chi connectivity index (χ3n) is 6.17. The standard InChI is InChI=1S/C27H23IN6/c28-33-26(20-12-5-2-6-13-20)29-25(19-10-3-1-4-11-19)30-27(33)21-14-9-15-22(18-21)34-24-17-8-7-16-23(24)31-32-34/h1-18,25-27,29-30H. The van der Waals surface area contributed by atoms with Crippen LogP contribution in [0.3, 0.4) is 0 Å². The van der Waals surface area contributed by atoms with E-state index in [-0.39, 0.29) is 18.5 Å². The molecular formula is C27H23IN6. The first-order valence-electron chi connectivity index (χ1n) is 11.2. The largest absolute Gasteiger partial charge is 0.278 e. The molecule has 0 aliphatic carbocycles. The smallest absolute Gasteiger partial charge is 0.113 e. The predicted molar refractivity (Wildman–Crippen MR) is 142 cm³/mol. The van der Waals surface area contributed by atoms with Crippen LogP contribution in [-0.2, 0) is 0 Å². The van der Waals surface area contributed by atoms with Crippen molar-refractivity contribution in [1.29, 1.82) is 0 Å². The molecule has 1 aliphatic heterocycles. The van der Waals surface area contributed by atoms with Gasteiger partial charge in [-0.3, -0.25) is 10.6 Å². The molecule has 0 radical (unpaired) electrons. The fraction of sp³-hybridized carbons (Fsp3) is 0.111. The first-order chi connectivity index (χ1) is 16.8. The maximum Gasteiger partial charge on any atom is 0.113 e. The number of aromatic nitrogens is 3. The van der Waals surface area contributed by atoms with Crippen LogP contribution in [0, 0.1) is 0 Å². The molecule has 2 heterocycles. The van der Waals surface area contributed by atoms with Crippen LogP contribution in [-0.4, -0.2) is 18.1 Å². The molecule has 3 unspecified atom stereocenters. The molecule has 168 valence electrons. The maximum absolute atomic E-state index is 4.41. The summed E-state index contributed by atoms with van der Waals surface area (Å²) in [5.74, 6) is 0. The van der Waals surface area contributed by atoms with E-state index in [0.717, 1.165) is 22.3 Å². The zero-order valence-corrected chi connectivity index (χ0v) is 20.4. The Kier molecular flexibility index (Phi) is 5.84. The number of para-hydroxylation sites is 1. The summed E-state index contributed by atoms with van der Waals surface area (Å²) in [5.41, 5.74) is 6.46. The van der Waals surface area contributed by atoms with Crippen molar-refractivity contribution in [2.24, 2.45) is 0 Å². The lowest BCUT2D eigenvalue weighted by molar-refractivity contribution is 0.124. The third kappa shape index (κ3) is 4.01.